The molecule has 0 aliphatic heterocycles. The topological polar surface area (TPSA) is 96.8 Å². The maximum Gasteiger partial charge on any atom is 0.276 e. The van der Waals surface area contributed by atoms with Gasteiger partial charge in [-0.25, -0.2) is 22.8 Å². The number of sulfonamides is 1. The summed E-state index contributed by atoms with van der Waals surface area (Å²) >= 11 is 0. The quantitative estimate of drug-likeness (QED) is 0.725. The smallest absolute Gasteiger partial charge is 0.276 e. The predicted molar refractivity (Wildman–Crippen MR) is 96.8 cm³/mol. The molecule has 0 saturated carbocycles. The molecule has 134 valence electrons. The summed E-state index contributed by atoms with van der Waals surface area (Å²) in [6, 6.07) is 13.3. The van der Waals surface area contributed by atoms with Crippen LogP contribution in [-0.4, -0.2) is 29.2 Å². The number of aryl methyl sites for hydroxylation is 1. The summed E-state index contributed by atoms with van der Waals surface area (Å²) in [6.07, 6.45) is 3.21. The number of hydrogen-bond acceptors (Lipinski definition) is 4. The Morgan fingerprint density at radius 2 is 1.88 bits per heavy atom. The Morgan fingerprint density at radius 1 is 1.12 bits per heavy atom. The molecule has 2 aromatic heterocycles. The summed E-state index contributed by atoms with van der Waals surface area (Å²) in [4.78, 5) is 17.1. The average molecular weight is 370 g/mol. The van der Waals surface area contributed by atoms with Gasteiger partial charge in [-0.15, -0.1) is 0 Å². The van der Waals surface area contributed by atoms with Crippen molar-refractivity contribution < 1.29 is 8.42 Å². The number of rotatable bonds is 4. The molecule has 26 heavy (non-hydrogen) atoms. The number of aromatic nitrogens is 3. The van der Waals surface area contributed by atoms with E-state index in [1.807, 2.05) is 6.07 Å². The Morgan fingerprint density at radius 3 is 2.62 bits per heavy atom. The first-order chi connectivity index (χ1) is 12.5. The van der Waals surface area contributed by atoms with Gasteiger partial charge in [0.05, 0.1) is 4.90 Å². The van der Waals surface area contributed by atoms with Crippen LogP contribution in [0.2, 0.25) is 0 Å². The molecule has 0 spiro atoms. The van der Waals surface area contributed by atoms with Crippen LogP contribution >= 0.6 is 0 Å². The molecular weight excluding hydrogens is 352 g/mol. The first-order valence-electron chi connectivity index (χ1n) is 8.36. The van der Waals surface area contributed by atoms with E-state index in [1.165, 1.54) is 4.68 Å². The van der Waals surface area contributed by atoms with Crippen LogP contribution in [0.4, 0.5) is 0 Å². The highest BCUT2D eigenvalue weighted by Gasteiger charge is 2.28. The molecular formula is C18H18N4O3S. The van der Waals surface area contributed by atoms with E-state index in [0.29, 0.717) is 30.6 Å². The second-order valence-corrected chi connectivity index (χ2v) is 7.99. The summed E-state index contributed by atoms with van der Waals surface area (Å²) in [6.45, 7) is 0. The van der Waals surface area contributed by atoms with E-state index in [2.05, 4.69) is 14.8 Å². The number of aromatic amines is 1. The fraction of sp³-hybridized carbons (Fsp3) is 0.222. The molecule has 0 amide bonds. The van der Waals surface area contributed by atoms with E-state index in [-0.39, 0.29) is 16.5 Å². The van der Waals surface area contributed by atoms with Crippen LogP contribution in [0.25, 0.3) is 5.82 Å². The monoisotopic (exact) mass is 370 g/mol. The van der Waals surface area contributed by atoms with E-state index < -0.39 is 10.0 Å². The van der Waals surface area contributed by atoms with Crippen LogP contribution in [0.3, 0.4) is 0 Å². The molecule has 2 heterocycles. The van der Waals surface area contributed by atoms with Crippen molar-refractivity contribution in [3.8, 4) is 5.82 Å². The molecule has 1 aliphatic carbocycles. The van der Waals surface area contributed by atoms with Gasteiger partial charge in [0.1, 0.15) is 0 Å². The fourth-order valence-corrected chi connectivity index (χ4v) is 4.53. The lowest BCUT2D eigenvalue weighted by atomic mass is 9.94. The summed E-state index contributed by atoms with van der Waals surface area (Å²) in [5, 5.41) is 3.10. The number of hydrogen-bond donors (Lipinski definition) is 2. The fourth-order valence-electron chi connectivity index (χ4n) is 3.24. The third-order valence-electron chi connectivity index (χ3n) is 4.52. The Bertz CT molecular complexity index is 1070. The normalized spacial score (nSPS) is 17.0. The van der Waals surface area contributed by atoms with Crippen molar-refractivity contribution in [1.82, 2.24) is 19.5 Å². The molecule has 0 bridgehead atoms. The number of nitrogens with one attached hydrogen (secondary N) is 2. The third kappa shape index (κ3) is 3.09. The highest BCUT2D eigenvalue weighted by molar-refractivity contribution is 7.89. The average Bonchev–Trinajstić information content (AvgIpc) is 2.99. The summed E-state index contributed by atoms with van der Waals surface area (Å²) in [7, 11) is -3.60. The van der Waals surface area contributed by atoms with Crippen molar-refractivity contribution in [2.45, 2.75) is 30.2 Å². The highest BCUT2D eigenvalue weighted by Crippen LogP contribution is 2.20. The third-order valence-corrected chi connectivity index (χ3v) is 6.06. The van der Waals surface area contributed by atoms with E-state index in [4.69, 9.17) is 0 Å². The van der Waals surface area contributed by atoms with Crippen LogP contribution in [0.15, 0.2) is 64.4 Å². The van der Waals surface area contributed by atoms with Gasteiger partial charge in [-0.3, -0.25) is 9.89 Å². The lowest BCUT2D eigenvalue weighted by Gasteiger charge is -2.22. The molecule has 0 fully saturated rings. The van der Waals surface area contributed by atoms with Crippen molar-refractivity contribution in [3.63, 3.8) is 0 Å². The standard InChI is InChI=1S/C18H18N4O3S/c23-18-15-12-13(21-26(24,25)14-6-2-1-3-7-14)9-10-16(15)20-22(18)17-8-4-5-11-19-17/h1-8,11,13,20-21H,9-10,12H2. The van der Waals surface area contributed by atoms with Gasteiger partial charge in [-0.2, -0.15) is 0 Å². The number of fused-ring (bicyclic) bond motifs is 1. The maximum absolute atomic E-state index is 12.7. The van der Waals surface area contributed by atoms with E-state index in [9.17, 15) is 13.2 Å². The van der Waals surface area contributed by atoms with Crippen molar-refractivity contribution in [3.05, 3.63) is 76.3 Å². The second-order valence-electron chi connectivity index (χ2n) is 6.27. The molecule has 8 heteroatoms. The largest absolute Gasteiger partial charge is 0.293 e. The van der Waals surface area contributed by atoms with Crippen LogP contribution < -0.4 is 10.3 Å². The molecule has 0 saturated heterocycles. The molecule has 1 atom stereocenters. The van der Waals surface area contributed by atoms with Gasteiger partial charge >= 0.3 is 0 Å². The number of pyridine rings is 1. The first kappa shape index (κ1) is 16.7. The van der Waals surface area contributed by atoms with Crippen LogP contribution in [0.1, 0.15) is 17.7 Å². The van der Waals surface area contributed by atoms with Gasteiger partial charge in [0.2, 0.25) is 10.0 Å². The molecule has 1 aromatic carbocycles. The van der Waals surface area contributed by atoms with Crippen molar-refractivity contribution in [1.29, 1.82) is 0 Å². The Kier molecular flexibility index (Phi) is 4.21. The summed E-state index contributed by atoms with van der Waals surface area (Å²) in [5.41, 5.74) is 1.28. The van der Waals surface area contributed by atoms with Gasteiger partial charge in [-0.05, 0) is 43.5 Å². The first-order valence-corrected chi connectivity index (χ1v) is 9.84. The predicted octanol–water partition coefficient (Wildman–Crippen LogP) is 1.40. The number of nitrogens with zero attached hydrogens (tertiary/aromatic N) is 2. The lowest BCUT2D eigenvalue weighted by Crippen LogP contribution is -2.39. The molecule has 1 unspecified atom stereocenters. The summed E-state index contributed by atoms with van der Waals surface area (Å²) < 4.78 is 29.2. The minimum Gasteiger partial charge on any atom is -0.293 e. The zero-order valence-corrected chi connectivity index (χ0v) is 14.7. The van der Waals surface area contributed by atoms with Gasteiger partial charge < -0.3 is 0 Å². The zero-order valence-electron chi connectivity index (χ0n) is 13.9. The molecule has 7 nitrogen and oxygen atoms in total. The Balaban J connectivity index is 1.59. The zero-order chi connectivity index (χ0) is 18.1. The second kappa shape index (κ2) is 6.54. The van der Waals surface area contributed by atoms with Crippen molar-refractivity contribution in [2.75, 3.05) is 0 Å². The maximum atomic E-state index is 12.7. The van der Waals surface area contributed by atoms with Crippen LogP contribution in [-0.2, 0) is 22.9 Å². The minimum absolute atomic E-state index is 0.178. The van der Waals surface area contributed by atoms with Gasteiger partial charge in [0.25, 0.3) is 5.56 Å². The van der Waals surface area contributed by atoms with Crippen LogP contribution in [0.5, 0.6) is 0 Å². The lowest BCUT2D eigenvalue weighted by molar-refractivity contribution is 0.504. The minimum atomic E-state index is -3.60. The number of benzene rings is 1. The molecule has 3 aromatic rings. The molecule has 1 aliphatic rings. The Labute approximate surface area is 150 Å². The molecule has 4 rings (SSSR count). The van der Waals surface area contributed by atoms with E-state index in [0.717, 1.165) is 5.69 Å². The van der Waals surface area contributed by atoms with E-state index >= 15 is 0 Å². The van der Waals surface area contributed by atoms with Gasteiger partial charge in [0.15, 0.2) is 5.82 Å². The van der Waals surface area contributed by atoms with Crippen LogP contribution in [0, 0.1) is 0 Å². The van der Waals surface area contributed by atoms with Gasteiger partial charge in [-0.1, -0.05) is 24.3 Å². The van der Waals surface area contributed by atoms with E-state index in [1.54, 1.807) is 48.7 Å². The van der Waals surface area contributed by atoms with Crippen molar-refractivity contribution >= 4 is 10.0 Å². The SMILES string of the molecule is O=c1c2c([nH]n1-c1ccccn1)CCC(NS(=O)(=O)c1ccccc1)C2. The number of H-pyrrole nitrogens is 1. The molecule has 0 radical (unpaired) electrons. The summed E-state index contributed by atoms with van der Waals surface area (Å²) in [5.74, 6) is 0.522. The Hall–Kier alpha value is -2.71. The highest BCUT2D eigenvalue weighted by atomic mass is 32.2. The molecule has 2 N–H and O–H groups in total. The van der Waals surface area contributed by atoms with Crippen molar-refractivity contribution in [2.24, 2.45) is 0 Å². The van der Waals surface area contributed by atoms with Gasteiger partial charge in [0, 0.05) is 23.5 Å².